The Bertz CT molecular complexity index is 485. The number of hydrogen-bond donors (Lipinski definition) is 0. The molecule has 0 spiro atoms. The highest BCUT2D eigenvalue weighted by atomic mass is 16.5. The van der Waals surface area contributed by atoms with E-state index in [0.29, 0.717) is 18.8 Å². The second kappa shape index (κ2) is 7.26. The predicted octanol–water partition coefficient (Wildman–Crippen LogP) is 3.94. The van der Waals surface area contributed by atoms with Crippen molar-refractivity contribution < 1.29 is 14.3 Å². The lowest BCUT2D eigenvalue weighted by atomic mass is 9.70. The SMILES string of the molecule is CC(C)=CCC[C@H](C)[C@H]1C(=O)C[C@@H](C)/C=C\[C@H]2C(=O)OC[C@H]12. The maximum absolute atomic E-state index is 12.7. The van der Waals surface area contributed by atoms with Gasteiger partial charge in [-0.05, 0) is 38.5 Å². The van der Waals surface area contributed by atoms with E-state index in [9.17, 15) is 9.59 Å². The van der Waals surface area contributed by atoms with Crippen LogP contribution in [0.2, 0.25) is 0 Å². The summed E-state index contributed by atoms with van der Waals surface area (Å²) in [6.45, 7) is 8.78. The van der Waals surface area contributed by atoms with Crippen LogP contribution < -0.4 is 0 Å². The van der Waals surface area contributed by atoms with Crippen LogP contribution in [0.1, 0.15) is 47.0 Å². The molecule has 0 aromatic rings. The fourth-order valence-corrected chi connectivity index (χ4v) is 3.72. The van der Waals surface area contributed by atoms with Gasteiger partial charge in [0, 0.05) is 18.3 Å². The Balaban J connectivity index is 2.18. The lowest BCUT2D eigenvalue weighted by Crippen LogP contribution is -2.35. The zero-order chi connectivity index (χ0) is 16.3. The van der Waals surface area contributed by atoms with Gasteiger partial charge in [0.05, 0.1) is 12.5 Å². The zero-order valence-electron chi connectivity index (χ0n) is 14.2. The number of carbonyl (C=O) groups is 2. The van der Waals surface area contributed by atoms with Crippen LogP contribution in [0.15, 0.2) is 23.8 Å². The molecule has 0 N–H and O–H groups in total. The molecule has 2 rings (SSSR count). The van der Waals surface area contributed by atoms with Gasteiger partial charge in [-0.3, -0.25) is 9.59 Å². The fourth-order valence-electron chi connectivity index (χ4n) is 3.72. The second-order valence-electron chi connectivity index (χ2n) is 7.21. The van der Waals surface area contributed by atoms with Crippen molar-refractivity contribution >= 4 is 11.8 Å². The van der Waals surface area contributed by atoms with Crippen molar-refractivity contribution in [2.45, 2.75) is 47.0 Å². The first-order chi connectivity index (χ1) is 10.4. The van der Waals surface area contributed by atoms with Crippen molar-refractivity contribution in [3.63, 3.8) is 0 Å². The van der Waals surface area contributed by atoms with Gasteiger partial charge in [0.15, 0.2) is 0 Å². The minimum absolute atomic E-state index is 0.0189. The summed E-state index contributed by atoms with van der Waals surface area (Å²) >= 11 is 0. The Hall–Kier alpha value is -1.38. The van der Waals surface area contributed by atoms with E-state index in [2.05, 4.69) is 26.8 Å². The molecule has 1 heterocycles. The molecule has 0 aromatic heterocycles. The first kappa shape index (κ1) is 17.0. The molecule has 3 heteroatoms. The third kappa shape index (κ3) is 3.88. The molecule has 0 radical (unpaired) electrons. The second-order valence-corrected chi connectivity index (χ2v) is 7.21. The molecule has 1 aliphatic carbocycles. The minimum atomic E-state index is -0.234. The average molecular weight is 304 g/mol. The minimum Gasteiger partial charge on any atom is -0.465 e. The molecular weight excluding hydrogens is 276 g/mol. The largest absolute Gasteiger partial charge is 0.465 e. The predicted molar refractivity (Wildman–Crippen MR) is 87.2 cm³/mol. The molecule has 0 amide bonds. The van der Waals surface area contributed by atoms with Crippen LogP contribution in [0.3, 0.4) is 0 Å². The number of Topliss-reactive ketones (excluding diaryl/α,β-unsaturated/α-hetero) is 1. The van der Waals surface area contributed by atoms with Gasteiger partial charge in [0.1, 0.15) is 5.78 Å². The summed E-state index contributed by atoms with van der Waals surface area (Å²) in [5, 5.41) is 0. The van der Waals surface area contributed by atoms with Gasteiger partial charge in [-0.1, -0.05) is 37.6 Å². The van der Waals surface area contributed by atoms with Crippen molar-refractivity contribution in [1.29, 1.82) is 0 Å². The number of hydrogen-bond acceptors (Lipinski definition) is 3. The van der Waals surface area contributed by atoms with Gasteiger partial charge in [-0.15, -0.1) is 0 Å². The molecule has 122 valence electrons. The van der Waals surface area contributed by atoms with Gasteiger partial charge in [-0.25, -0.2) is 0 Å². The van der Waals surface area contributed by atoms with Crippen molar-refractivity contribution in [2.24, 2.45) is 29.6 Å². The molecule has 2 aliphatic rings. The van der Waals surface area contributed by atoms with Crippen LogP contribution in [0.25, 0.3) is 0 Å². The molecule has 1 saturated heterocycles. The Morgan fingerprint density at radius 2 is 2.09 bits per heavy atom. The highest BCUT2D eigenvalue weighted by molar-refractivity contribution is 5.85. The van der Waals surface area contributed by atoms with Crippen LogP contribution in [-0.4, -0.2) is 18.4 Å². The molecular formula is C19H28O3. The lowest BCUT2D eigenvalue weighted by Gasteiger charge is -2.31. The van der Waals surface area contributed by atoms with Crippen molar-refractivity contribution in [3.05, 3.63) is 23.8 Å². The molecule has 5 atom stereocenters. The first-order valence-corrected chi connectivity index (χ1v) is 8.41. The standard InChI is InChI=1S/C19H28O3/c1-12(2)6-5-7-14(4)18-16-11-22-19(21)15(16)9-8-13(3)10-17(18)20/h6,8-9,13-16,18H,5,7,10-11H2,1-4H3/b9-8-/t13-,14-,15+,16-,18+/m0/s1. The fraction of sp³-hybridized carbons (Fsp3) is 0.684. The summed E-state index contributed by atoms with van der Waals surface area (Å²) in [6.07, 6.45) is 8.76. The Morgan fingerprint density at radius 1 is 1.36 bits per heavy atom. The molecule has 1 fully saturated rings. The molecule has 0 aromatic carbocycles. The lowest BCUT2D eigenvalue weighted by molar-refractivity contribution is -0.140. The molecule has 0 unspecified atom stereocenters. The summed E-state index contributed by atoms with van der Waals surface area (Å²) in [5.74, 6) is 0.347. The van der Waals surface area contributed by atoms with Gasteiger partial charge in [-0.2, -0.15) is 0 Å². The van der Waals surface area contributed by atoms with Gasteiger partial charge < -0.3 is 4.74 Å². The number of ketones is 1. The monoisotopic (exact) mass is 304 g/mol. The zero-order valence-corrected chi connectivity index (χ0v) is 14.2. The van der Waals surface area contributed by atoms with Gasteiger partial charge in [0.25, 0.3) is 0 Å². The maximum Gasteiger partial charge on any atom is 0.313 e. The van der Waals surface area contributed by atoms with E-state index in [0.717, 1.165) is 12.8 Å². The Kier molecular flexibility index (Phi) is 5.60. The molecule has 0 saturated carbocycles. The number of carbonyl (C=O) groups excluding carboxylic acids is 2. The third-order valence-corrected chi connectivity index (χ3v) is 4.94. The molecule has 1 aliphatic heterocycles. The van der Waals surface area contributed by atoms with Crippen LogP contribution in [0.5, 0.6) is 0 Å². The van der Waals surface area contributed by atoms with Crippen LogP contribution in [-0.2, 0) is 14.3 Å². The highest BCUT2D eigenvalue weighted by Gasteiger charge is 2.45. The summed E-state index contributed by atoms with van der Waals surface area (Å²) in [5.41, 5.74) is 1.31. The number of esters is 1. The normalized spacial score (nSPS) is 34.2. The number of ether oxygens (including phenoxy) is 1. The summed E-state index contributed by atoms with van der Waals surface area (Å²) in [7, 11) is 0. The van der Waals surface area contributed by atoms with Crippen LogP contribution >= 0.6 is 0 Å². The smallest absolute Gasteiger partial charge is 0.313 e. The van der Waals surface area contributed by atoms with E-state index in [1.807, 2.05) is 19.1 Å². The van der Waals surface area contributed by atoms with E-state index >= 15 is 0 Å². The van der Waals surface area contributed by atoms with Crippen molar-refractivity contribution in [2.75, 3.05) is 6.61 Å². The Morgan fingerprint density at radius 3 is 2.77 bits per heavy atom. The number of rotatable bonds is 4. The van der Waals surface area contributed by atoms with Gasteiger partial charge in [0.2, 0.25) is 0 Å². The van der Waals surface area contributed by atoms with E-state index in [4.69, 9.17) is 4.74 Å². The number of cyclic esters (lactones) is 1. The van der Waals surface area contributed by atoms with Crippen molar-refractivity contribution in [1.82, 2.24) is 0 Å². The summed E-state index contributed by atoms with van der Waals surface area (Å²) < 4.78 is 5.26. The van der Waals surface area contributed by atoms with E-state index < -0.39 is 0 Å². The van der Waals surface area contributed by atoms with E-state index in [-0.39, 0.29) is 35.6 Å². The van der Waals surface area contributed by atoms with Gasteiger partial charge >= 0.3 is 5.97 Å². The van der Waals surface area contributed by atoms with E-state index in [1.54, 1.807) is 0 Å². The quantitative estimate of drug-likeness (QED) is 0.583. The molecule has 0 bridgehead atoms. The van der Waals surface area contributed by atoms with Crippen LogP contribution in [0, 0.1) is 29.6 Å². The molecule has 22 heavy (non-hydrogen) atoms. The van der Waals surface area contributed by atoms with E-state index in [1.165, 1.54) is 5.57 Å². The third-order valence-electron chi connectivity index (χ3n) is 4.94. The average Bonchev–Trinajstić information content (AvgIpc) is 2.75. The first-order valence-electron chi connectivity index (χ1n) is 8.41. The van der Waals surface area contributed by atoms with Crippen LogP contribution in [0.4, 0.5) is 0 Å². The summed E-state index contributed by atoms with van der Waals surface area (Å²) in [4.78, 5) is 24.7. The number of allylic oxidation sites excluding steroid dienone is 3. The molecule has 3 nitrogen and oxygen atoms in total. The Labute approximate surface area is 133 Å². The number of fused-ring (bicyclic) bond motifs is 1. The topological polar surface area (TPSA) is 43.4 Å². The van der Waals surface area contributed by atoms with Crippen molar-refractivity contribution in [3.8, 4) is 0 Å². The summed E-state index contributed by atoms with van der Waals surface area (Å²) in [6, 6.07) is 0. The maximum atomic E-state index is 12.7. The highest BCUT2D eigenvalue weighted by Crippen LogP contribution is 2.39.